The molecular formula is C17H12ClFN6O3. The molecule has 0 unspecified atom stereocenters. The van der Waals surface area contributed by atoms with Crippen molar-refractivity contribution in [3.05, 3.63) is 58.8 Å². The topological polar surface area (TPSA) is 119 Å². The van der Waals surface area contributed by atoms with Crippen LogP contribution in [0.5, 0.6) is 5.88 Å². The van der Waals surface area contributed by atoms with Crippen LogP contribution in [0.2, 0.25) is 5.02 Å². The Morgan fingerprint density at radius 3 is 2.71 bits per heavy atom. The highest BCUT2D eigenvalue weighted by molar-refractivity contribution is 6.31. The van der Waals surface area contributed by atoms with Crippen molar-refractivity contribution in [1.29, 1.82) is 0 Å². The summed E-state index contributed by atoms with van der Waals surface area (Å²) in [6, 6.07) is 3.59. The first-order chi connectivity index (χ1) is 13.3. The molecule has 0 amide bonds. The van der Waals surface area contributed by atoms with Crippen molar-refractivity contribution in [1.82, 2.24) is 29.5 Å². The molecule has 0 spiro atoms. The number of aromatic hydroxyl groups is 1. The summed E-state index contributed by atoms with van der Waals surface area (Å²) < 4.78 is 15.9. The molecule has 4 rings (SSSR count). The van der Waals surface area contributed by atoms with Gasteiger partial charge in [-0.15, -0.1) is 0 Å². The fraction of sp³-hybridized carbons (Fsp3) is 0.118. The third-order valence-electron chi connectivity index (χ3n) is 4.23. The van der Waals surface area contributed by atoms with Gasteiger partial charge in [0.15, 0.2) is 0 Å². The summed E-state index contributed by atoms with van der Waals surface area (Å²) in [6.45, 7) is 1.78. The SMILES string of the molecule is C[C@@H](c1ccc(F)cc1Cl)n1ncc2nc(-n3cc(C(=O)O)cn3)nc(O)c21. The smallest absolute Gasteiger partial charge is 0.338 e. The monoisotopic (exact) mass is 402 g/mol. The number of hydrogen-bond acceptors (Lipinski definition) is 6. The van der Waals surface area contributed by atoms with Gasteiger partial charge in [-0.05, 0) is 24.6 Å². The average molecular weight is 403 g/mol. The maximum atomic E-state index is 13.3. The first-order valence-electron chi connectivity index (χ1n) is 8.02. The van der Waals surface area contributed by atoms with Gasteiger partial charge in [0, 0.05) is 11.2 Å². The number of rotatable bonds is 4. The lowest BCUT2D eigenvalue weighted by atomic mass is 10.1. The summed E-state index contributed by atoms with van der Waals surface area (Å²) >= 11 is 6.13. The van der Waals surface area contributed by atoms with E-state index in [0.717, 1.165) is 10.9 Å². The molecule has 1 aromatic carbocycles. The van der Waals surface area contributed by atoms with Gasteiger partial charge in [-0.2, -0.15) is 15.2 Å². The molecule has 0 radical (unpaired) electrons. The molecule has 0 aliphatic heterocycles. The highest BCUT2D eigenvalue weighted by atomic mass is 35.5. The van der Waals surface area contributed by atoms with E-state index in [1.807, 2.05) is 0 Å². The Labute approximate surface area is 161 Å². The number of carbonyl (C=O) groups is 1. The van der Waals surface area contributed by atoms with Crippen molar-refractivity contribution >= 4 is 28.6 Å². The zero-order valence-corrected chi connectivity index (χ0v) is 15.0. The quantitative estimate of drug-likeness (QED) is 0.538. The second-order valence-electron chi connectivity index (χ2n) is 5.99. The van der Waals surface area contributed by atoms with E-state index >= 15 is 0 Å². The van der Waals surface area contributed by atoms with E-state index in [2.05, 4.69) is 20.2 Å². The highest BCUT2D eigenvalue weighted by Crippen LogP contribution is 2.31. The summed E-state index contributed by atoms with van der Waals surface area (Å²) in [4.78, 5) is 19.3. The van der Waals surface area contributed by atoms with Gasteiger partial charge >= 0.3 is 5.97 Å². The molecule has 0 bridgehead atoms. The lowest BCUT2D eigenvalue weighted by Gasteiger charge is -2.15. The van der Waals surface area contributed by atoms with Crippen LogP contribution in [0.15, 0.2) is 36.8 Å². The van der Waals surface area contributed by atoms with E-state index in [1.165, 1.54) is 29.2 Å². The van der Waals surface area contributed by atoms with Crippen molar-refractivity contribution in [3.63, 3.8) is 0 Å². The van der Waals surface area contributed by atoms with Gasteiger partial charge < -0.3 is 10.2 Å². The van der Waals surface area contributed by atoms with Gasteiger partial charge in [-0.25, -0.2) is 18.9 Å². The molecule has 28 heavy (non-hydrogen) atoms. The first-order valence-corrected chi connectivity index (χ1v) is 8.40. The molecule has 0 fully saturated rings. The van der Waals surface area contributed by atoms with E-state index in [4.69, 9.17) is 16.7 Å². The number of aromatic carboxylic acids is 1. The molecule has 0 aliphatic rings. The number of aromatic nitrogens is 6. The van der Waals surface area contributed by atoms with Crippen LogP contribution in [0.3, 0.4) is 0 Å². The number of carboxylic acid groups (broad SMARTS) is 1. The normalized spacial score (nSPS) is 12.4. The molecule has 142 valence electrons. The summed E-state index contributed by atoms with van der Waals surface area (Å²) in [5.74, 6) is -1.98. The van der Waals surface area contributed by atoms with Gasteiger partial charge in [-0.3, -0.25) is 4.68 Å². The third-order valence-corrected chi connectivity index (χ3v) is 4.56. The van der Waals surface area contributed by atoms with Crippen LogP contribution in [0.1, 0.15) is 28.9 Å². The van der Waals surface area contributed by atoms with E-state index < -0.39 is 17.8 Å². The lowest BCUT2D eigenvalue weighted by molar-refractivity contribution is 0.0697. The van der Waals surface area contributed by atoms with Crippen LogP contribution in [0.25, 0.3) is 17.0 Å². The summed E-state index contributed by atoms with van der Waals surface area (Å²) in [5, 5.41) is 27.8. The number of hydrogen-bond donors (Lipinski definition) is 2. The third kappa shape index (κ3) is 2.93. The Morgan fingerprint density at radius 2 is 2.04 bits per heavy atom. The van der Waals surface area contributed by atoms with Gasteiger partial charge in [0.25, 0.3) is 5.95 Å². The lowest BCUT2D eigenvalue weighted by Crippen LogP contribution is -2.10. The molecule has 2 N–H and O–H groups in total. The average Bonchev–Trinajstić information content (AvgIpc) is 3.28. The number of carboxylic acids is 1. The minimum absolute atomic E-state index is 0.00971. The number of halogens is 2. The molecule has 9 nitrogen and oxygen atoms in total. The van der Waals surface area contributed by atoms with E-state index in [0.29, 0.717) is 11.1 Å². The minimum atomic E-state index is -1.14. The zero-order chi connectivity index (χ0) is 20.0. The van der Waals surface area contributed by atoms with Crippen LogP contribution >= 0.6 is 11.6 Å². The molecule has 0 aliphatic carbocycles. The van der Waals surface area contributed by atoms with E-state index in [9.17, 15) is 14.3 Å². The molecule has 0 saturated carbocycles. The molecule has 0 saturated heterocycles. The van der Waals surface area contributed by atoms with Gasteiger partial charge in [0.2, 0.25) is 5.88 Å². The van der Waals surface area contributed by atoms with Crippen molar-refractivity contribution in [3.8, 4) is 11.8 Å². The standard InChI is InChI=1S/C17H12ClFN6O3/c1-8(11-3-2-10(19)4-12(11)18)25-14-13(6-21-25)22-17(23-15(14)26)24-7-9(5-20-24)16(27)28/h2-8H,1H3,(H,27,28)(H,22,23,26)/t8-/m0/s1. The fourth-order valence-electron chi connectivity index (χ4n) is 2.84. The van der Waals surface area contributed by atoms with E-state index in [1.54, 1.807) is 13.0 Å². The van der Waals surface area contributed by atoms with Crippen LogP contribution in [-0.2, 0) is 0 Å². The van der Waals surface area contributed by atoms with Crippen LogP contribution in [0, 0.1) is 5.82 Å². The van der Waals surface area contributed by atoms with Crippen molar-refractivity contribution in [2.75, 3.05) is 0 Å². The molecule has 3 aromatic heterocycles. The predicted octanol–water partition coefficient (Wildman–Crippen LogP) is 2.82. The number of benzene rings is 1. The summed E-state index contributed by atoms with van der Waals surface area (Å²) in [7, 11) is 0. The van der Waals surface area contributed by atoms with Crippen LogP contribution in [0.4, 0.5) is 4.39 Å². The zero-order valence-electron chi connectivity index (χ0n) is 14.3. The second-order valence-corrected chi connectivity index (χ2v) is 6.40. The molecule has 11 heteroatoms. The van der Waals surface area contributed by atoms with Gasteiger partial charge in [-0.1, -0.05) is 17.7 Å². The largest absolute Gasteiger partial charge is 0.492 e. The maximum absolute atomic E-state index is 13.3. The Kier molecular flexibility index (Phi) is 4.19. The summed E-state index contributed by atoms with van der Waals surface area (Å²) in [5.41, 5.74) is 1.13. The first kappa shape index (κ1) is 17.9. The van der Waals surface area contributed by atoms with Gasteiger partial charge in [0.1, 0.15) is 16.9 Å². The molecular weight excluding hydrogens is 391 g/mol. The fourth-order valence-corrected chi connectivity index (χ4v) is 3.17. The minimum Gasteiger partial charge on any atom is -0.492 e. The Balaban J connectivity index is 1.79. The number of fused-ring (bicyclic) bond motifs is 1. The Hall–Kier alpha value is -3.53. The Bertz CT molecular complexity index is 1220. The summed E-state index contributed by atoms with van der Waals surface area (Å²) in [6.07, 6.45) is 3.80. The van der Waals surface area contributed by atoms with E-state index in [-0.39, 0.29) is 27.9 Å². The molecule has 4 aromatic rings. The predicted molar refractivity (Wildman–Crippen MR) is 96.3 cm³/mol. The highest BCUT2D eigenvalue weighted by Gasteiger charge is 2.20. The van der Waals surface area contributed by atoms with Gasteiger partial charge in [0.05, 0.1) is 24.0 Å². The second kappa shape index (κ2) is 6.57. The van der Waals surface area contributed by atoms with Crippen LogP contribution < -0.4 is 0 Å². The number of nitrogens with zero attached hydrogens (tertiary/aromatic N) is 6. The van der Waals surface area contributed by atoms with Crippen molar-refractivity contribution in [2.45, 2.75) is 13.0 Å². The Morgan fingerprint density at radius 1 is 1.25 bits per heavy atom. The maximum Gasteiger partial charge on any atom is 0.338 e. The van der Waals surface area contributed by atoms with Crippen molar-refractivity contribution < 1.29 is 19.4 Å². The molecule has 1 atom stereocenters. The van der Waals surface area contributed by atoms with Crippen LogP contribution in [-0.4, -0.2) is 45.7 Å². The van der Waals surface area contributed by atoms with Crippen molar-refractivity contribution in [2.24, 2.45) is 0 Å². The molecule has 3 heterocycles.